The Labute approximate surface area is 137 Å². The number of benzene rings is 1. The average molecular weight is 400 g/mol. The lowest BCUT2D eigenvalue weighted by atomic mass is 9.95. The molecule has 1 aromatic rings. The highest BCUT2D eigenvalue weighted by atomic mass is 79.9. The van der Waals surface area contributed by atoms with Crippen LogP contribution in [0, 0.1) is 11.7 Å². The maximum atomic E-state index is 14.3. The van der Waals surface area contributed by atoms with Crippen LogP contribution in [0.25, 0.3) is 0 Å². The fourth-order valence-electron chi connectivity index (χ4n) is 2.66. The van der Waals surface area contributed by atoms with E-state index >= 15 is 0 Å². The van der Waals surface area contributed by atoms with Crippen LogP contribution in [-0.4, -0.2) is 25.3 Å². The smallest absolute Gasteiger partial charge is 0.246 e. The van der Waals surface area contributed by atoms with Gasteiger partial charge in [0.2, 0.25) is 10.0 Å². The van der Waals surface area contributed by atoms with Gasteiger partial charge >= 0.3 is 0 Å². The predicted molar refractivity (Wildman–Crippen MR) is 85.3 cm³/mol. The van der Waals surface area contributed by atoms with E-state index in [0.717, 1.165) is 18.9 Å². The van der Waals surface area contributed by atoms with Gasteiger partial charge in [0.1, 0.15) is 4.90 Å². The summed E-state index contributed by atoms with van der Waals surface area (Å²) in [6.45, 7) is 4.28. The highest BCUT2D eigenvalue weighted by Crippen LogP contribution is 2.37. The van der Waals surface area contributed by atoms with Crippen LogP contribution in [0.3, 0.4) is 0 Å². The minimum absolute atomic E-state index is 0.0745. The first-order chi connectivity index (χ1) is 9.66. The predicted octanol–water partition coefficient (Wildman–Crippen LogP) is 3.63. The van der Waals surface area contributed by atoms with Crippen molar-refractivity contribution in [1.29, 1.82) is 0 Å². The van der Waals surface area contributed by atoms with Crippen LogP contribution in [0.2, 0.25) is 5.02 Å². The molecule has 0 aromatic heterocycles. The fraction of sp³-hybridized carbons (Fsp3) is 0.538. The molecule has 2 unspecified atom stereocenters. The summed E-state index contributed by atoms with van der Waals surface area (Å²) >= 11 is 8.96. The number of nitrogen functional groups attached to an aromatic ring is 1. The molecular weight excluding hydrogens is 383 g/mol. The Kier molecular flexibility index (Phi) is 4.87. The fourth-order valence-corrected chi connectivity index (χ4v) is 4.98. The van der Waals surface area contributed by atoms with Crippen molar-refractivity contribution in [3.05, 3.63) is 21.4 Å². The van der Waals surface area contributed by atoms with Crippen molar-refractivity contribution in [1.82, 2.24) is 4.31 Å². The largest absolute Gasteiger partial charge is 0.395 e. The molecule has 0 spiro atoms. The zero-order valence-corrected chi connectivity index (χ0v) is 14.9. The molecule has 0 aliphatic carbocycles. The Morgan fingerprint density at radius 2 is 2.10 bits per heavy atom. The van der Waals surface area contributed by atoms with Gasteiger partial charge in [-0.15, -0.1) is 0 Å². The highest BCUT2D eigenvalue weighted by Gasteiger charge is 2.36. The Bertz CT molecular complexity index is 669. The van der Waals surface area contributed by atoms with Gasteiger partial charge in [-0.25, -0.2) is 12.8 Å². The minimum atomic E-state index is -3.95. The topological polar surface area (TPSA) is 63.4 Å². The molecule has 1 saturated heterocycles. The zero-order valence-electron chi connectivity index (χ0n) is 11.7. The second-order valence-corrected chi connectivity index (χ2v) is 8.55. The van der Waals surface area contributed by atoms with Crippen molar-refractivity contribution in [3.8, 4) is 0 Å². The van der Waals surface area contributed by atoms with Crippen LogP contribution < -0.4 is 5.73 Å². The first-order valence-corrected chi connectivity index (χ1v) is 9.22. The molecule has 21 heavy (non-hydrogen) atoms. The normalized spacial score (nSPS) is 24.2. The van der Waals surface area contributed by atoms with E-state index in [1.807, 2.05) is 6.92 Å². The summed E-state index contributed by atoms with van der Waals surface area (Å²) < 4.78 is 41.2. The second kappa shape index (κ2) is 6.02. The van der Waals surface area contributed by atoms with Crippen LogP contribution >= 0.6 is 27.5 Å². The molecule has 0 amide bonds. The van der Waals surface area contributed by atoms with E-state index in [1.165, 1.54) is 4.31 Å². The summed E-state index contributed by atoms with van der Waals surface area (Å²) in [6, 6.07) is 0.930. The highest BCUT2D eigenvalue weighted by molar-refractivity contribution is 9.10. The Hall–Kier alpha value is -0.370. The lowest BCUT2D eigenvalue weighted by molar-refractivity contribution is 0.219. The van der Waals surface area contributed by atoms with Crippen LogP contribution in [0.1, 0.15) is 26.7 Å². The maximum Gasteiger partial charge on any atom is 0.246 e. The summed E-state index contributed by atoms with van der Waals surface area (Å²) in [5, 5.41) is 0.0745. The molecule has 0 bridgehead atoms. The van der Waals surface area contributed by atoms with E-state index in [4.69, 9.17) is 17.3 Å². The molecule has 118 valence electrons. The Morgan fingerprint density at radius 1 is 1.48 bits per heavy atom. The molecule has 8 heteroatoms. The van der Waals surface area contributed by atoms with Crippen molar-refractivity contribution in [3.63, 3.8) is 0 Å². The van der Waals surface area contributed by atoms with Crippen LogP contribution in [0.15, 0.2) is 15.4 Å². The third-order valence-electron chi connectivity index (χ3n) is 3.82. The van der Waals surface area contributed by atoms with Gasteiger partial charge in [-0.2, -0.15) is 4.31 Å². The number of nitrogens with zero attached hydrogens (tertiary/aromatic N) is 1. The molecule has 1 aliphatic heterocycles. The van der Waals surface area contributed by atoms with Crippen LogP contribution in [0.5, 0.6) is 0 Å². The second-order valence-electron chi connectivity index (χ2n) is 5.49. The van der Waals surface area contributed by atoms with Crippen LogP contribution in [0.4, 0.5) is 10.1 Å². The monoisotopic (exact) mass is 398 g/mol. The standard InChI is InChI=1S/C13H17BrClFN2O2S/c1-7-3-4-18(8(2)5-7)21(19,20)10-6-9(15)11(14)13(17)12(10)16/h6-8H,3-5,17H2,1-2H3. The molecule has 2 atom stereocenters. The van der Waals surface area contributed by atoms with Crippen molar-refractivity contribution >= 4 is 43.2 Å². The van der Waals surface area contributed by atoms with Crippen molar-refractivity contribution in [2.24, 2.45) is 5.92 Å². The summed E-state index contributed by atoms with van der Waals surface area (Å²) in [5.74, 6) is -0.507. The number of rotatable bonds is 2. The van der Waals surface area contributed by atoms with Gasteiger partial charge in [0.25, 0.3) is 0 Å². The lowest BCUT2D eigenvalue weighted by Crippen LogP contribution is -2.44. The molecule has 2 rings (SSSR count). The molecule has 2 N–H and O–H groups in total. The van der Waals surface area contributed by atoms with E-state index < -0.39 is 20.7 Å². The number of hydrogen-bond donors (Lipinski definition) is 1. The Balaban J connectivity index is 2.50. The van der Waals surface area contributed by atoms with Crippen molar-refractivity contribution in [2.45, 2.75) is 37.6 Å². The Morgan fingerprint density at radius 3 is 2.67 bits per heavy atom. The summed E-state index contributed by atoms with van der Waals surface area (Å²) in [4.78, 5) is -0.463. The molecule has 4 nitrogen and oxygen atoms in total. The minimum Gasteiger partial charge on any atom is -0.395 e. The third kappa shape index (κ3) is 3.06. The molecule has 1 fully saturated rings. The quantitative estimate of drug-likeness (QED) is 0.610. The van der Waals surface area contributed by atoms with Crippen molar-refractivity contribution in [2.75, 3.05) is 12.3 Å². The van der Waals surface area contributed by atoms with Gasteiger partial charge in [0.05, 0.1) is 15.2 Å². The molecular formula is C13H17BrClFN2O2S. The van der Waals surface area contributed by atoms with E-state index in [1.54, 1.807) is 0 Å². The summed E-state index contributed by atoms with van der Waals surface area (Å²) in [5.41, 5.74) is 5.28. The third-order valence-corrected chi connectivity index (χ3v) is 7.21. The summed E-state index contributed by atoms with van der Waals surface area (Å²) in [7, 11) is -3.95. The van der Waals surface area contributed by atoms with E-state index in [0.29, 0.717) is 12.5 Å². The van der Waals surface area contributed by atoms with Gasteiger partial charge in [0.15, 0.2) is 5.82 Å². The number of hydrogen-bond acceptors (Lipinski definition) is 3. The molecule has 1 aliphatic rings. The summed E-state index contributed by atoms with van der Waals surface area (Å²) in [6.07, 6.45) is 1.51. The van der Waals surface area contributed by atoms with Gasteiger partial charge in [-0.05, 0) is 47.7 Å². The van der Waals surface area contributed by atoms with Gasteiger partial charge < -0.3 is 5.73 Å². The SMILES string of the molecule is CC1CCN(S(=O)(=O)c2cc(Cl)c(Br)c(N)c2F)C(C)C1. The van der Waals surface area contributed by atoms with Gasteiger partial charge in [-0.3, -0.25) is 0 Å². The van der Waals surface area contributed by atoms with Crippen molar-refractivity contribution < 1.29 is 12.8 Å². The maximum absolute atomic E-state index is 14.3. The van der Waals surface area contributed by atoms with Crippen LogP contribution in [-0.2, 0) is 10.0 Å². The van der Waals surface area contributed by atoms with Gasteiger partial charge in [0, 0.05) is 12.6 Å². The molecule has 1 aromatic carbocycles. The first-order valence-electron chi connectivity index (χ1n) is 6.61. The zero-order chi connectivity index (χ0) is 15.9. The number of halogens is 3. The van der Waals surface area contributed by atoms with Gasteiger partial charge in [-0.1, -0.05) is 18.5 Å². The van der Waals surface area contributed by atoms with E-state index in [2.05, 4.69) is 22.9 Å². The number of sulfonamides is 1. The van der Waals surface area contributed by atoms with E-state index in [-0.39, 0.29) is 21.2 Å². The first kappa shape index (κ1) is 17.0. The number of anilines is 1. The van der Waals surface area contributed by atoms with E-state index in [9.17, 15) is 12.8 Å². The average Bonchev–Trinajstić information content (AvgIpc) is 2.39. The number of piperidine rings is 1. The lowest BCUT2D eigenvalue weighted by Gasteiger charge is -2.35. The molecule has 0 saturated carbocycles. The number of nitrogens with two attached hydrogens (primary N) is 1. The molecule has 1 heterocycles. The molecule has 0 radical (unpaired) electrons.